The first-order valence-corrected chi connectivity index (χ1v) is 4.69. The monoisotopic (exact) mass is 174 g/mol. The summed E-state index contributed by atoms with van der Waals surface area (Å²) in [6.45, 7) is 4.19. The van der Waals surface area contributed by atoms with E-state index in [0.717, 1.165) is 25.2 Å². The minimum atomic E-state index is 1.03. The van der Waals surface area contributed by atoms with E-state index in [4.69, 9.17) is 0 Å². The fourth-order valence-corrected chi connectivity index (χ4v) is 1.60. The zero-order valence-corrected chi connectivity index (χ0v) is 7.90. The van der Waals surface area contributed by atoms with Crippen LogP contribution in [0.1, 0.15) is 12.1 Å². The fraction of sp³-hybridized carbons (Fsp3) is 0.364. The number of aromatic nitrogens is 1. The topological polar surface area (TPSA) is 16.1 Å². The lowest BCUT2D eigenvalue weighted by Crippen LogP contribution is -2.26. The average molecular weight is 174 g/mol. The largest absolute Gasteiger partial charge is 0.367 e. The highest BCUT2D eigenvalue weighted by Gasteiger charge is 2.06. The molecular weight excluding hydrogens is 160 g/mol. The minimum Gasteiger partial charge on any atom is -0.367 e. The molecule has 0 bridgehead atoms. The molecule has 1 aromatic heterocycles. The molecule has 68 valence electrons. The van der Waals surface area contributed by atoms with Crippen molar-refractivity contribution in [3.05, 3.63) is 36.2 Å². The maximum atomic E-state index is 4.19. The predicted molar refractivity (Wildman–Crippen MR) is 54.9 cm³/mol. The Balaban J connectivity index is 2.20. The third kappa shape index (κ3) is 1.89. The normalized spacial score (nSPS) is 16.2. The van der Waals surface area contributed by atoms with Gasteiger partial charge in [0.25, 0.3) is 0 Å². The zero-order valence-electron chi connectivity index (χ0n) is 7.90. The molecule has 0 aliphatic carbocycles. The summed E-state index contributed by atoms with van der Waals surface area (Å²) in [4.78, 5) is 6.56. The summed E-state index contributed by atoms with van der Waals surface area (Å²) < 4.78 is 0. The molecule has 1 aromatic rings. The molecule has 0 amide bonds. The van der Waals surface area contributed by atoms with E-state index < -0.39 is 0 Å². The van der Waals surface area contributed by atoms with Gasteiger partial charge >= 0.3 is 0 Å². The number of anilines is 1. The summed E-state index contributed by atoms with van der Waals surface area (Å²) in [5.41, 5.74) is 2.38. The van der Waals surface area contributed by atoms with Gasteiger partial charge in [-0.2, -0.15) is 0 Å². The number of rotatable bonds is 1. The first kappa shape index (κ1) is 8.30. The summed E-state index contributed by atoms with van der Waals surface area (Å²) in [6, 6.07) is 4.21. The standard InChI is InChI=1S/C11H14N2/c1-10-9-11(5-6-12-10)13-7-3-2-4-8-13/h2-3,5-6,9H,4,7-8H2,1H3. The molecule has 2 rings (SSSR count). The van der Waals surface area contributed by atoms with Gasteiger partial charge in [0, 0.05) is 30.7 Å². The van der Waals surface area contributed by atoms with Crippen molar-refractivity contribution in [2.24, 2.45) is 0 Å². The molecule has 1 aliphatic rings. The van der Waals surface area contributed by atoms with Crippen LogP contribution in [0.5, 0.6) is 0 Å². The van der Waals surface area contributed by atoms with Gasteiger partial charge in [-0.3, -0.25) is 4.98 Å². The molecule has 0 radical (unpaired) electrons. The lowest BCUT2D eigenvalue weighted by molar-refractivity contribution is 0.819. The van der Waals surface area contributed by atoms with Crippen LogP contribution in [0.15, 0.2) is 30.5 Å². The molecular formula is C11H14N2. The molecule has 2 heteroatoms. The first-order valence-electron chi connectivity index (χ1n) is 4.69. The van der Waals surface area contributed by atoms with Crippen molar-refractivity contribution in [1.29, 1.82) is 0 Å². The van der Waals surface area contributed by atoms with Crippen LogP contribution >= 0.6 is 0 Å². The van der Waals surface area contributed by atoms with E-state index in [-0.39, 0.29) is 0 Å². The highest BCUT2D eigenvalue weighted by molar-refractivity contribution is 5.47. The van der Waals surface area contributed by atoms with Gasteiger partial charge in [0.05, 0.1) is 0 Å². The second-order valence-electron chi connectivity index (χ2n) is 3.36. The Kier molecular flexibility index (Phi) is 2.30. The van der Waals surface area contributed by atoms with E-state index in [1.807, 2.05) is 13.1 Å². The van der Waals surface area contributed by atoms with Crippen LogP contribution in [0, 0.1) is 6.92 Å². The van der Waals surface area contributed by atoms with Crippen molar-refractivity contribution < 1.29 is 0 Å². The highest BCUT2D eigenvalue weighted by atomic mass is 15.1. The summed E-state index contributed by atoms with van der Waals surface area (Å²) in [7, 11) is 0. The van der Waals surface area contributed by atoms with Crippen LogP contribution in [-0.4, -0.2) is 18.1 Å². The molecule has 0 atom stereocenters. The van der Waals surface area contributed by atoms with E-state index in [1.165, 1.54) is 5.69 Å². The van der Waals surface area contributed by atoms with E-state index in [0.29, 0.717) is 0 Å². The third-order valence-electron chi connectivity index (χ3n) is 2.30. The SMILES string of the molecule is Cc1cc(N2CC=CCC2)ccn1. The molecule has 13 heavy (non-hydrogen) atoms. The van der Waals surface area contributed by atoms with Gasteiger partial charge in [0.1, 0.15) is 0 Å². The summed E-state index contributed by atoms with van der Waals surface area (Å²) in [5, 5.41) is 0. The molecule has 0 spiro atoms. The molecule has 1 aliphatic heterocycles. The van der Waals surface area contributed by atoms with E-state index >= 15 is 0 Å². The number of pyridine rings is 1. The average Bonchev–Trinajstić information content (AvgIpc) is 2.19. The second kappa shape index (κ2) is 3.60. The van der Waals surface area contributed by atoms with E-state index in [9.17, 15) is 0 Å². The van der Waals surface area contributed by atoms with Crippen LogP contribution in [0.3, 0.4) is 0 Å². The quantitative estimate of drug-likeness (QED) is 0.606. The molecule has 0 fully saturated rings. The van der Waals surface area contributed by atoms with Crippen LogP contribution < -0.4 is 4.90 Å². The van der Waals surface area contributed by atoms with E-state index in [2.05, 4.69) is 34.2 Å². The lowest BCUT2D eigenvalue weighted by atomic mass is 10.2. The molecule has 0 saturated heterocycles. The Morgan fingerprint density at radius 3 is 3.00 bits per heavy atom. The highest BCUT2D eigenvalue weighted by Crippen LogP contribution is 2.16. The van der Waals surface area contributed by atoms with Gasteiger partial charge in [-0.1, -0.05) is 12.2 Å². The Bertz CT molecular complexity index is 318. The Morgan fingerprint density at radius 2 is 2.31 bits per heavy atom. The predicted octanol–water partition coefficient (Wildman–Crippen LogP) is 2.16. The third-order valence-corrected chi connectivity index (χ3v) is 2.30. The van der Waals surface area contributed by atoms with Gasteiger partial charge < -0.3 is 4.90 Å². The maximum Gasteiger partial charge on any atom is 0.0402 e. The zero-order chi connectivity index (χ0) is 9.10. The number of hydrogen-bond acceptors (Lipinski definition) is 2. The Hall–Kier alpha value is -1.31. The van der Waals surface area contributed by atoms with Crippen LogP contribution in [0.4, 0.5) is 5.69 Å². The van der Waals surface area contributed by atoms with E-state index in [1.54, 1.807) is 0 Å². The fourth-order valence-electron chi connectivity index (χ4n) is 1.60. The maximum absolute atomic E-state index is 4.19. The van der Waals surface area contributed by atoms with Gasteiger partial charge in [0.2, 0.25) is 0 Å². The number of hydrogen-bond donors (Lipinski definition) is 0. The van der Waals surface area contributed by atoms with Gasteiger partial charge in [-0.05, 0) is 25.5 Å². The van der Waals surface area contributed by atoms with Crippen molar-refractivity contribution in [2.75, 3.05) is 18.0 Å². The van der Waals surface area contributed by atoms with Crippen molar-refractivity contribution in [1.82, 2.24) is 4.98 Å². The van der Waals surface area contributed by atoms with Crippen LogP contribution in [0.2, 0.25) is 0 Å². The smallest absolute Gasteiger partial charge is 0.0402 e. The van der Waals surface area contributed by atoms with Crippen LogP contribution in [-0.2, 0) is 0 Å². The molecule has 0 aromatic carbocycles. The van der Waals surface area contributed by atoms with Gasteiger partial charge in [-0.25, -0.2) is 0 Å². The van der Waals surface area contributed by atoms with Crippen molar-refractivity contribution in [3.63, 3.8) is 0 Å². The Morgan fingerprint density at radius 1 is 1.38 bits per heavy atom. The van der Waals surface area contributed by atoms with Gasteiger partial charge in [0.15, 0.2) is 0 Å². The number of aryl methyl sites for hydroxylation is 1. The molecule has 0 unspecified atom stereocenters. The van der Waals surface area contributed by atoms with Gasteiger partial charge in [-0.15, -0.1) is 0 Å². The number of nitrogens with zero attached hydrogens (tertiary/aromatic N) is 2. The van der Waals surface area contributed by atoms with Crippen molar-refractivity contribution in [3.8, 4) is 0 Å². The van der Waals surface area contributed by atoms with Crippen LogP contribution in [0.25, 0.3) is 0 Å². The second-order valence-corrected chi connectivity index (χ2v) is 3.36. The molecule has 0 saturated carbocycles. The summed E-state index contributed by atoms with van der Waals surface area (Å²) in [6.07, 6.45) is 7.49. The van der Waals surface area contributed by atoms with Crippen molar-refractivity contribution >= 4 is 5.69 Å². The molecule has 2 heterocycles. The Labute approximate surface area is 78.9 Å². The summed E-state index contributed by atoms with van der Waals surface area (Å²) in [5.74, 6) is 0. The molecule has 0 N–H and O–H groups in total. The molecule has 2 nitrogen and oxygen atoms in total. The minimum absolute atomic E-state index is 1.03. The first-order chi connectivity index (χ1) is 6.36. The van der Waals surface area contributed by atoms with Crippen molar-refractivity contribution in [2.45, 2.75) is 13.3 Å². The lowest BCUT2D eigenvalue weighted by Gasteiger charge is -2.25. The summed E-state index contributed by atoms with van der Waals surface area (Å²) >= 11 is 0.